The maximum atomic E-state index is 10.8. The minimum Gasteiger partial charge on any atom is -0.318 e. The molecule has 1 aromatic carbocycles. The van der Waals surface area contributed by atoms with Gasteiger partial charge in [0, 0.05) is 12.5 Å². The standard InChI is InChI=1S/C14H17NO2/c1-9-7-12-5-4-6-14(15-17-11(3)16)13(12)8-10(9)2/h7-8H,4-6H2,1-3H3/b15-14+. The molecule has 17 heavy (non-hydrogen) atoms. The van der Waals surface area contributed by atoms with E-state index < -0.39 is 0 Å². The molecular weight excluding hydrogens is 214 g/mol. The van der Waals surface area contributed by atoms with Gasteiger partial charge in [0.15, 0.2) is 0 Å². The van der Waals surface area contributed by atoms with Crippen LogP contribution in [0.25, 0.3) is 0 Å². The molecule has 0 saturated heterocycles. The predicted octanol–water partition coefficient (Wildman–Crippen LogP) is 2.91. The van der Waals surface area contributed by atoms with Crippen LogP contribution in [0.3, 0.4) is 0 Å². The van der Waals surface area contributed by atoms with Gasteiger partial charge in [0.2, 0.25) is 0 Å². The maximum Gasteiger partial charge on any atom is 0.331 e. The van der Waals surface area contributed by atoms with Crippen LogP contribution in [-0.2, 0) is 16.1 Å². The monoisotopic (exact) mass is 231 g/mol. The highest BCUT2D eigenvalue weighted by molar-refractivity contribution is 6.02. The van der Waals surface area contributed by atoms with Crippen LogP contribution >= 0.6 is 0 Å². The fraction of sp³-hybridized carbons (Fsp3) is 0.429. The average Bonchev–Trinajstić information content (AvgIpc) is 2.28. The van der Waals surface area contributed by atoms with E-state index in [0.29, 0.717) is 0 Å². The van der Waals surface area contributed by atoms with Crippen LogP contribution in [0.5, 0.6) is 0 Å². The van der Waals surface area contributed by atoms with E-state index in [0.717, 1.165) is 30.5 Å². The van der Waals surface area contributed by atoms with Gasteiger partial charge < -0.3 is 4.84 Å². The number of nitrogens with zero attached hydrogens (tertiary/aromatic N) is 1. The van der Waals surface area contributed by atoms with E-state index >= 15 is 0 Å². The Hall–Kier alpha value is -1.64. The molecule has 0 heterocycles. The van der Waals surface area contributed by atoms with Crippen LogP contribution in [0, 0.1) is 13.8 Å². The molecule has 0 fully saturated rings. The van der Waals surface area contributed by atoms with Crippen molar-refractivity contribution in [1.29, 1.82) is 0 Å². The summed E-state index contributed by atoms with van der Waals surface area (Å²) >= 11 is 0. The van der Waals surface area contributed by atoms with Crippen LogP contribution in [0.1, 0.15) is 42.0 Å². The fourth-order valence-corrected chi connectivity index (χ4v) is 2.15. The van der Waals surface area contributed by atoms with Gasteiger partial charge in [-0.05, 0) is 55.9 Å². The van der Waals surface area contributed by atoms with Crippen LogP contribution < -0.4 is 0 Å². The number of carbonyl (C=O) groups is 1. The van der Waals surface area contributed by atoms with Crippen molar-refractivity contribution in [2.24, 2.45) is 5.16 Å². The van der Waals surface area contributed by atoms with Gasteiger partial charge in [0.25, 0.3) is 0 Å². The van der Waals surface area contributed by atoms with Crippen molar-refractivity contribution >= 4 is 11.7 Å². The summed E-state index contributed by atoms with van der Waals surface area (Å²) in [6.45, 7) is 5.58. The van der Waals surface area contributed by atoms with Crippen molar-refractivity contribution in [1.82, 2.24) is 0 Å². The highest BCUT2D eigenvalue weighted by Gasteiger charge is 2.17. The predicted molar refractivity (Wildman–Crippen MR) is 67.2 cm³/mol. The topological polar surface area (TPSA) is 38.7 Å². The van der Waals surface area contributed by atoms with E-state index in [-0.39, 0.29) is 5.97 Å². The van der Waals surface area contributed by atoms with Crippen molar-refractivity contribution in [2.45, 2.75) is 40.0 Å². The minimum atomic E-state index is -0.367. The first kappa shape index (κ1) is 11.8. The summed E-state index contributed by atoms with van der Waals surface area (Å²) in [5.74, 6) is -0.367. The molecule has 0 radical (unpaired) electrons. The Morgan fingerprint density at radius 1 is 1.24 bits per heavy atom. The first-order valence-corrected chi connectivity index (χ1v) is 5.93. The molecule has 1 aromatic rings. The molecule has 90 valence electrons. The first-order valence-electron chi connectivity index (χ1n) is 5.93. The van der Waals surface area contributed by atoms with Gasteiger partial charge in [-0.3, -0.25) is 0 Å². The molecule has 2 rings (SSSR count). The van der Waals surface area contributed by atoms with E-state index in [4.69, 9.17) is 4.84 Å². The number of benzene rings is 1. The number of fused-ring (bicyclic) bond motifs is 1. The number of hydrogen-bond donors (Lipinski definition) is 0. The Bertz CT molecular complexity index is 489. The van der Waals surface area contributed by atoms with E-state index in [9.17, 15) is 4.79 Å². The average molecular weight is 231 g/mol. The zero-order valence-corrected chi connectivity index (χ0v) is 10.5. The number of carbonyl (C=O) groups excluding carboxylic acids is 1. The summed E-state index contributed by atoms with van der Waals surface area (Å²) in [4.78, 5) is 15.5. The summed E-state index contributed by atoms with van der Waals surface area (Å²) in [5, 5.41) is 3.96. The van der Waals surface area contributed by atoms with Gasteiger partial charge in [-0.15, -0.1) is 0 Å². The number of rotatable bonds is 1. The van der Waals surface area contributed by atoms with Crippen molar-refractivity contribution in [3.8, 4) is 0 Å². The van der Waals surface area contributed by atoms with E-state index in [1.807, 2.05) is 0 Å². The van der Waals surface area contributed by atoms with E-state index in [2.05, 4.69) is 31.1 Å². The Morgan fingerprint density at radius 2 is 1.94 bits per heavy atom. The second kappa shape index (κ2) is 4.70. The molecule has 0 bridgehead atoms. The quantitative estimate of drug-likeness (QED) is 0.550. The van der Waals surface area contributed by atoms with Crippen LogP contribution in [0.2, 0.25) is 0 Å². The van der Waals surface area contributed by atoms with Gasteiger partial charge in [0.05, 0.1) is 5.71 Å². The van der Waals surface area contributed by atoms with Crippen molar-refractivity contribution in [3.63, 3.8) is 0 Å². The largest absolute Gasteiger partial charge is 0.331 e. The summed E-state index contributed by atoms with van der Waals surface area (Å²) in [7, 11) is 0. The van der Waals surface area contributed by atoms with Gasteiger partial charge >= 0.3 is 5.97 Å². The molecule has 3 nitrogen and oxygen atoms in total. The molecule has 0 saturated carbocycles. The normalized spacial score (nSPS) is 16.8. The minimum absolute atomic E-state index is 0.367. The van der Waals surface area contributed by atoms with Crippen molar-refractivity contribution in [3.05, 3.63) is 34.4 Å². The zero-order chi connectivity index (χ0) is 12.4. The van der Waals surface area contributed by atoms with Crippen LogP contribution in [0.4, 0.5) is 0 Å². The second-order valence-corrected chi connectivity index (χ2v) is 4.57. The summed E-state index contributed by atoms with van der Waals surface area (Å²) in [5.41, 5.74) is 5.90. The first-order chi connectivity index (χ1) is 8.08. The molecular formula is C14H17NO2. The molecule has 0 unspecified atom stereocenters. The third kappa shape index (κ3) is 2.54. The highest BCUT2D eigenvalue weighted by atomic mass is 16.7. The molecule has 0 amide bonds. The second-order valence-electron chi connectivity index (χ2n) is 4.57. The maximum absolute atomic E-state index is 10.8. The smallest absolute Gasteiger partial charge is 0.318 e. The fourth-order valence-electron chi connectivity index (χ4n) is 2.15. The summed E-state index contributed by atoms with van der Waals surface area (Å²) in [6, 6.07) is 4.36. The van der Waals surface area contributed by atoms with Crippen molar-refractivity contribution in [2.75, 3.05) is 0 Å². The number of aryl methyl sites for hydroxylation is 3. The molecule has 0 aromatic heterocycles. The third-order valence-electron chi connectivity index (χ3n) is 3.17. The molecule has 3 heteroatoms. The molecule has 0 atom stereocenters. The van der Waals surface area contributed by atoms with Crippen LogP contribution in [-0.4, -0.2) is 11.7 Å². The third-order valence-corrected chi connectivity index (χ3v) is 3.17. The Labute approximate surface area is 101 Å². The van der Waals surface area contributed by atoms with E-state index in [1.54, 1.807) is 0 Å². The van der Waals surface area contributed by atoms with Gasteiger partial charge in [0.1, 0.15) is 0 Å². The Kier molecular flexibility index (Phi) is 3.27. The molecule has 1 aliphatic carbocycles. The number of oxime groups is 1. The lowest BCUT2D eigenvalue weighted by atomic mass is 9.87. The van der Waals surface area contributed by atoms with Gasteiger partial charge in [-0.1, -0.05) is 11.2 Å². The Balaban J connectivity index is 2.40. The molecule has 1 aliphatic rings. The SMILES string of the molecule is CC(=O)O/N=C1\CCCc2cc(C)c(C)cc21. The Morgan fingerprint density at radius 3 is 2.65 bits per heavy atom. The van der Waals surface area contributed by atoms with E-state index in [1.165, 1.54) is 23.6 Å². The highest BCUT2D eigenvalue weighted by Crippen LogP contribution is 2.25. The van der Waals surface area contributed by atoms with Crippen molar-refractivity contribution < 1.29 is 9.63 Å². The lowest BCUT2D eigenvalue weighted by Gasteiger charge is -2.19. The molecule has 0 N–H and O–H groups in total. The van der Waals surface area contributed by atoms with Gasteiger partial charge in [-0.2, -0.15) is 0 Å². The molecule has 0 spiro atoms. The lowest BCUT2D eigenvalue weighted by Crippen LogP contribution is -2.14. The number of hydrogen-bond acceptors (Lipinski definition) is 3. The lowest BCUT2D eigenvalue weighted by molar-refractivity contribution is -0.140. The van der Waals surface area contributed by atoms with Gasteiger partial charge in [-0.25, -0.2) is 4.79 Å². The zero-order valence-electron chi connectivity index (χ0n) is 10.5. The summed E-state index contributed by atoms with van der Waals surface area (Å²) < 4.78 is 0. The summed E-state index contributed by atoms with van der Waals surface area (Å²) in [6.07, 6.45) is 3.02. The molecule has 0 aliphatic heterocycles. The van der Waals surface area contributed by atoms with Crippen LogP contribution in [0.15, 0.2) is 17.3 Å².